The molecule has 0 aliphatic carbocycles. The van der Waals surface area contributed by atoms with Gasteiger partial charge in [0.1, 0.15) is 0 Å². The number of ether oxygens (including phenoxy) is 1. The van der Waals surface area contributed by atoms with Gasteiger partial charge in [-0.25, -0.2) is 0 Å². The van der Waals surface area contributed by atoms with Gasteiger partial charge in [0, 0.05) is 50.5 Å². The van der Waals surface area contributed by atoms with Crippen molar-refractivity contribution in [3.8, 4) is 0 Å². The van der Waals surface area contributed by atoms with E-state index in [1.807, 2.05) is 17.9 Å². The highest BCUT2D eigenvalue weighted by Gasteiger charge is 2.23. The Kier molecular flexibility index (Phi) is 4.74. The molecule has 1 unspecified atom stereocenters. The van der Waals surface area contributed by atoms with Crippen LogP contribution < -0.4 is 5.32 Å². The second kappa shape index (κ2) is 6.31. The summed E-state index contributed by atoms with van der Waals surface area (Å²) in [6, 6.07) is 0.980. The second-order valence-corrected chi connectivity index (χ2v) is 5.28. The number of rotatable bonds is 5. The summed E-state index contributed by atoms with van der Waals surface area (Å²) in [6.45, 7) is 8.95. The van der Waals surface area contributed by atoms with Gasteiger partial charge in [-0.05, 0) is 0 Å². The molecule has 0 radical (unpaired) electrons. The first-order valence-electron chi connectivity index (χ1n) is 6.68. The molecule has 0 aromatic carbocycles. The lowest BCUT2D eigenvalue weighted by Crippen LogP contribution is -2.50. The molecule has 0 saturated carbocycles. The van der Waals surface area contributed by atoms with Crippen molar-refractivity contribution in [2.45, 2.75) is 32.5 Å². The summed E-state index contributed by atoms with van der Waals surface area (Å²) in [5.41, 5.74) is 1.27. The number of hydrogen-bond donors (Lipinski definition) is 1. The van der Waals surface area contributed by atoms with E-state index >= 15 is 0 Å². The Balaban J connectivity index is 1.90. The van der Waals surface area contributed by atoms with E-state index in [-0.39, 0.29) is 0 Å². The molecule has 0 spiro atoms. The normalized spacial score (nSPS) is 21.7. The molecule has 2 rings (SSSR count). The fourth-order valence-corrected chi connectivity index (χ4v) is 2.25. The summed E-state index contributed by atoms with van der Waals surface area (Å²) in [7, 11) is 1.96. The molecule has 5 nitrogen and oxygen atoms in total. The van der Waals surface area contributed by atoms with Crippen LogP contribution >= 0.6 is 0 Å². The van der Waals surface area contributed by atoms with Gasteiger partial charge in [0.15, 0.2) is 0 Å². The number of aryl methyl sites for hydroxylation is 1. The molecular weight excluding hydrogens is 228 g/mol. The first kappa shape index (κ1) is 13.5. The number of morpholine rings is 1. The maximum absolute atomic E-state index is 5.59. The molecule has 1 aliphatic heterocycles. The summed E-state index contributed by atoms with van der Waals surface area (Å²) in [5.74, 6) is 0. The van der Waals surface area contributed by atoms with Gasteiger partial charge in [0.05, 0.1) is 19.4 Å². The molecule has 1 aromatic rings. The lowest BCUT2D eigenvalue weighted by atomic mass is 10.2. The van der Waals surface area contributed by atoms with E-state index in [4.69, 9.17) is 4.74 Å². The number of nitrogens with zero attached hydrogens (tertiary/aromatic N) is 3. The Morgan fingerprint density at radius 1 is 1.56 bits per heavy atom. The van der Waals surface area contributed by atoms with Crippen LogP contribution in [-0.2, 0) is 18.3 Å². The van der Waals surface area contributed by atoms with E-state index in [1.165, 1.54) is 5.56 Å². The molecule has 18 heavy (non-hydrogen) atoms. The van der Waals surface area contributed by atoms with Crippen molar-refractivity contribution in [2.75, 3.05) is 26.3 Å². The Labute approximate surface area is 109 Å². The van der Waals surface area contributed by atoms with Gasteiger partial charge < -0.3 is 10.1 Å². The number of hydrogen-bond acceptors (Lipinski definition) is 4. The second-order valence-electron chi connectivity index (χ2n) is 5.28. The third-order valence-electron chi connectivity index (χ3n) is 3.26. The maximum Gasteiger partial charge on any atom is 0.0635 e. The van der Waals surface area contributed by atoms with Crippen molar-refractivity contribution < 1.29 is 4.74 Å². The standard InChI is InChI=1S/C13H24N4O/c1-11(2)14-7-13-10-18-5-4-17(13)9-12-6-15-16(3)8-12/h6,8,11,13-14H,4-5,7,9-10H2,1-3H3. The molecule has 2 heterocycles. The molecule has 1 aromatic heterocycles. The minimum Gasteiger partial charge on any atom is -0.378 e. The fraction of sp³-hybridized carbons (Fsp3) is 0.769. The SMILES string of the molecule is CC(C)NCC1COCCN1Cc1cnn(C)c1. The van der Waals surface area contributed by atoms with Gasteiger partial charge in [0.2, 0.25) is 0 Å². The van der Waals surface area contributed by atoms with Gasteiger partial charge in [-0.15, -0.1) is 0 Å². The number of nitrogens with one attached hydrogen (secondary N) is 1. The van der Waals surface area contributed by atoms with Crippen molar-refractivity contribution in [2.24, 2.45) is 7.05 Å². The van der Waals surface area contributed by atoms with E-state index in [1.54, 1.807) is 0 Å². The van der Waals surface area contributed by atoms with Crippen LogP contribution in [0.5, 0.6) is 0 Å². The smallest absolute Gasteiger partial charge is 0.0635 e. The molecule has 1 saturated heterocycles. The van der Waals surface area contributed by atoms with Crippen LogP contribution in [-0.4, -0.2) is 53.1 Å². The van der Waals surface area contributed by atoms with Gasteiger partial charge >= 0.3 is 0 Å². The first-order valence-corrected chi connectivity index (χ1v) is 6.68. The minimum atomic E-state index is 0.460. The molecular formula is C13H24N4O. The van der Waals surface area contributed by atoms with Crippen LogP contribution in [0.25, 0.3) is 0 Å². The lowest BCUT2D eigenvalue weighted by molar-refractivity contribution is -0.0114. The zero-order chi connectivity index (χ0) is 13.0. The van der Waals surface area contributed by atoms with Gasteiger partial charge in [-0.3, -0.25) is 9.58 Å². The quantitative estimate of drug-likeness (QED) is 0.834. The highest BCUT2D eigenvalue weighted by molar-refractivity contribution is 5.04. The van der Waals surface area contributed by atoms with Crippen LogP contribution in [0, 0.1) is 0 Å². The minimum absolute atomic E-state index is 0.460. The van der Waals surface area contributed by atoms with Crippen molar-refractivity contribution in [1.29, 1.82) is 0 Å². The third kappa shape index (κ3) is 3.80. The Bertz CT molecular complexity index is 364. The molecule has 1 fully saturated rings. The monoisotopic (exact) mass is 252 g/mol. The Morgan fingerprint density at radius 3 is 3.06 bits per heavy atom. The Morgan fingerprint density at radius 2 is 2.39 bits per heavy atom. The van der Waals surface area contributed by atoms with Crippen molar-refractivity contribution in [1.82, 2.24) is 20.0 Å². The van der Waals surface area contributed by atoms with E-state index < -0.39 is 0 Å². The van der Waals surface area contributed by atoms with Crippen LogP contribution in [0.2, 0.25) is 0 Å². The highest BCUT2D eigenvalue weighted by Crippen LogP contribution is 2.11. The van der Waals surface area contributed by atoms with Crippen LogP contribution in [0.3, 0.4) is 0 Å². The van der Waals surface area contributed by atoms with Gasteiger partial charge in [0.25, 0.3) is 0 Å². The van der Waals surface area contributed by atoms with Gasteiger partial charge in [-0.1, -0.05) is 13.8 Å². The summed E-state index contributed by atoms with van der Waals surface area (Å²) in [6.07, 6.45) is 4.03. The topological polar surface area (TPSA) is 42.3 Å². The molecule has 1 atom stereocenters. The maximum atomic E-state index is 5.59. The van der Waals surface area contributed by atoms with Crippen molar-refractivity contribution in [3.63, 3.8) is 0 Å². The van der Waals surface area contributed by atoms with Crippen molar-refractivity contribution >= 4 is 0 Å². The highest BCUT2D eigenvalue weighted by atomic mass is 16.5. The van der Waals surface area contributed by atoms with E-state index in [2.05, 4.69) is 35.4 Å². The van der Waals surface area contributed by atoms with Crippen LogP contribution in [0.1, 0.15) is 19.4 Å². The van der Waals surface area contributed by atoms with Crippen LogP contribution in [0.15, 0.2) is 12.4 Å². The molecule has 1 N–H and O–H groups in total. The predicted octanol–water partition coefficient (Wildman–Crippen LogP) is 0.619. The van der Waals surface area contributed by atoms with E-state index in [0.29, 0.717) is 12.1 Å². The lowest BCUT2D eigenvalue weighted by Gasteiger charge is -2.35. The third-order valence-corrected chi connectivity index (χ3v) is 3.26. The fourth-order valence-electron chi connectivity index (χ4n) is 2.25. The first-order chi connectivity index (χ1) is 8.65. The molecule has 1 aliphatic rings. The number of aromatic nitrogens is 2. The summed E-state index contributed by atoms with van der Waals surface area (Å²) in [4.78, 5) is 2.48. The van der Waals surface area contributed by atoms with E-state index in [9.17, 15) is 0 Å². The van der Waals surface area contributed by atoms with Crippen LogP contribution in [0.4, 0.5) is 0 Å². The van der Waals surface area contributed by atoms with Gasteiger partial charge in [-0.2, -0.15) is 5.10 Å². The zero-order valence-electron chi connectivity index (χ0n) is 11.6. The zero-order valence-corrected chi connectivity index (χ0v) is 11.6. The summed E-state index contributed by atoms with van der Waals surface area (Å²) in [5, 5.41) is 7.72. The summed E-state index contributed by atoms with van der Waals surface area (Å²) < 4.78 is 7.44. The van der Waals surface area contributed by atoms with E-state index in [0.717, 1.165) is 32.8 Å². The summed E-state index contributed by atoms with van der Waals surface area (Å²) >= 11 is 0. The largest absolute Gasteiger partial charge is 0.378 e. The molecule has 102 valence electrons. The average molecular weight is 252 g/mol. The average Bonchev–Trinajstić information content (AvgIpc) is 2.73. The van der Waals surface area contributed by atoms with Crippen molar-refractivity contribution in [3.05, 3.63) is 18.0 Å². The molecule has 5 heteroatoms. The molecule has 0 bridgehead atoms. The molecule has 0 amide bonds. The predicted molar refractivity (Wildman–Crippen MR) is 71.4 cm³/mol. The Hall–Kier alpha value is -0.910.